The number of thiazole rings is 1. The molecule has 140 valence electrons. The summed E-state index contributed by atoms with van der Waals surface area (Å²) in [5.41, 5.74) is 5.00. The molecule has 0 aliphatic carbocycles. The Morgan fingerprint density at radius 3 is 2.79 bits per heavy atom. The van der Waals surface area contributed by atoms with E-state index < -0.39 is 0 Å². The predicted molar refractivity (Wildman–Crippen MR) is 112 cm³/mol. The highest BCUT2D eigenvalue weighted by Gasteiger charge is 2.14. The van der Waals surface area contributed by atoms with E-state index in [1.54, 1.807) is 16.5 Å². The van der Waals surface area contributed by atoms with Gasteiger partial charge in [0, 0.05) is 0 Å². The topological polar surface area (TPSA) is 73.8 Å². The van der Waals surface area contributed by atoms with Crippen molar-refractivity contribution in [3.63, 3.8) is 0 Å². The van der Waals surface area contributed by atoms with E-state index in [1.165, 1.54) is 18.4 Å². The van der Waals surface area contributed by atoms with Crippen LogP contribution in [0.5, 0.6) is 5.75 Å². The zero-order valence-electron chi connectivity index (χ0n) is 15.2. The highest BCUT2D eigenvalue weighted by molar-refractivity contribution is 7.16. The van der Waals surface area contributed by atoms with Gasteiger partial charge in [-0.15, -0.1) is 0 Å². The van der Waals surface area contributed by atoms with Crippen molar-refractivity contribution < 1.29 is 9.15 Å². The lowest BCUT2D eigenvalue weighted by atomic mass is 10.1. The number of nitrogens with zero attached hydrogens (tertiary/aromatic N) is 2. The molecule has 6 nitrogen and oxygen atoms in total. The fourth-order valence-corrected chi connectivity index (χ4v) is 5.03. The fourth-order valence-electron chi connectivity index (χ4n) is 3.32. The van der Waals surface area contributed by atoms with Gasteiger partial charge in [-0.05, 0) is 54.8 Å². The number of hydrogen-bond acceptors (Lipinski definition) is 7. The lowest BCUT2D eigenvalue weighted by molar-refractivity contribution is 0.408. The largest absolute Gasteiger partial charge is 0.493 e. The van der Waals surface area contributed by atoms with E-state index in [4.69, 9.17) is 9.15 Å². The average molecular weight is 410 g/mol. The van der Waals surface area contributed by atoms with E-state index in [0.29, 0.717) is 25.5 Å². The van der Waals surface area contributed by atoms with Crippen LogP contribution in [0.25, 0.3) is 32.4 Å². The molecule has 0 N–H and O–H groups in total. The van der Waals surface area contributed by atoms with Crippen LogP contribution < -0.4 is 19.8 Å². The van der Waals surface area contributed by atoms with E-state index in [0.717, 1.165) is 39.1 Å². The lowest BCUT2D eigenvalue weighted by Crippen LogP contribution is -2.22. The first kappa shape index (κ1) is 17.2. The van der Waals surface area contributed by atoms with Gasteiger partial charge in [-0.1, -0.05) is 28.7 Å². The van der Waals surface area contributed by atoms with Crippen LogP contribution in [-0.4, -0.2) is 16.5 Å². The molecule has 3 heterocycles. The molecule has 0 atom stereocenters. The molecule has 3 aromatic heterocycles. The first-order valence-corrected chi connectivity index (χ1v) is 10.1. The number of aryl methyl sites for hydroxylation is 2. The summed E-state index contributed by atoms with van der Waals surface area (Å²) in [6, 6.07) is 7.52. The average Bonchev–Trinajstić information content (AvgIpc) is 3.30. The Morgan fingerprint density at radius 1 is 1.18 bits per heavy atom. The standard InChI is InChI=1S/C20H14N2O4S2/c1-9-4-5-12-16(10(9)2)21-19-22(12)18(23)15(27-19)8-11-6-13(25-3)17-14(7-11)28-20(24)26-17/h4-8H,1-3H3/b15-8+. The van der Waals surface area contributed by atoms with Gasteiger partial charge in [0.1, 0.15) is 0 Å². The minimum atomic E-state index is -0.387. The number of rotatable bonds is 2. The Kier molecular flexibility index (Phi) is 3.68. The molecule has 0 spiro atoms. The molecule has 0 radical (unpaired) electrons. The van der Waals surface area contributed by atoms with Crippen LogP contribution in [0.15, 0.2) is 38.3 Å². The maximum atomic E-state index is 13.0. The van der Waals surface area contributed by atoms with Gasteiger partial charge in [0.2, 0.25) is 0 Å². The van der Waals surface area contributed by atoms with Gasteiger partial charge < -0.3 is 9.15 Å². The van der Waals surface area contributed by atoms with Crippen molar-refractivity contribution in [2.75, 3.05) is 7.11 Å². The highest BCUT2D eigenvalue weighted by Crippen LogP contribution is 2.29. The molecule has 5 rings (SSSR count). The molecule has 28 heavy (non-hydrogen) atoms. The van der Waals surface area contributed by atoms with E-state index >= 15 is 0 Å². The Labute approximate surface area is 165 Å². The smallest absolute Gasteiger partial charge is 0.396 e. The number of aromatic nitrogens is 2. The molecule has 2 aromatic carbocycles. The van der Waals surface area contributed by atoms with Crippen LogP contribution in [-0.2, 0) is 0 Å². The van der Waals surface area contributed by atoms with E-state index in [1.807, 2.05) is 32.0 Å². The Balaban J connectivity index is 1.77. The van der Waals surface area contributed by atoms with Crippen molar-refractivity contribution >= 4 is 55.0 Å². The summed E-state index contributed by atoms with van der Waals surface area (Å²) >= 11 is 2.35. The first-order valence-electron chi connectivity index (χ1n) is 8.51. The molecule has 0 saturated heterocycles. The molecule has 0 amide bonds. The summed E-state index contributed by atoms with van der Waals surface area (Å²) in [6.45, 7) is 4.05. The van der Waals surface area contributed by atoms with Crippen LogP contribution in [0.3, 0.4) is 0 Å². The Morgan fingerprint density at radius 2 is 2.00 bits per heavy atom. The van der Waals surface area contributed by atoms with E-state index in [9.17, 15) is 9.59 Å². The van der Waals surface area contributed by atoms with E-state index in [2.05, 4.69) is 4.98 Å². The molecule has 0 saturated carbocycles. The highest BCUT2D eigenvalue weighted by atomic mass is 32.1. The second kappa shape index (κ2) is 6.02. The van der Waals surface area contributed by atoms with Crippen molar-refractivity contribution in [2.24, 2.45) is 0 Å². The van der Waals surface area contributed by atoms with Crippen LogP contribution in [0, 0.1) is 13.8 Å². The summed E-state index contributed by atoms with van der Waals surface area (Å²) in [5.74, 6) is 0.465. The molecule has 0 fully saturated rings. The van der Waals surface area contributed by atoms with Crippen molar-refractivity contribution in [3.05, 3.63) is 65.6 Å². The summed E-state index contributed by atoms with van der Waals surface area (Å²) in [6.07, 6.45) is 1.79. The van der Waals surface area contributed by atoms with Gasteiger partial charge in [0.05, 0.1) is 27.4 Å². The van der Waals surface area contributed by atoms with Gasteiger partial charge in [0.15, 0.2) is 16.3 Å². The number of methoxy groups -OCH3 is 1. The number of benzene rings is 2. The van der Waals surface area contributed by atoms with Crippen LogP contribution in [0.2, 0.25) is 0 Å². The Bertz CT molecular complexity index is 1570. The molecular formula is C20H14N2O4S2. The summed E-state index contributed by atoms with van der Waals surface area (Å²) in [5, 5.41) is 0. The first-order chi connectivity index (χ1) is 13.5. The predicted octanol–water partition coefficient (Wildman–Crippen LogP) is 3.25. The van der Waals surface area contributed by atoms with Gasteiger partial charge >= 0.3 is 4.94 Å². The fraction of sp³-hybridized carbons (Fsp3) is 0.150. The molecule has 0 aliphatic rings. The monoisotopic (exact) mass is 410 g/mol. The zero-order chi connectivity index (χ0) is 19.6. The van der Waals surface area contributed by atoms with Crippen molar-refractivity contribution in [1.29, 1.82) is 0 Å². The number of imidazole rings is 1. The second-order valence-electron chi connectivity index (χ2n) is 6.53. The minimum absolute atomic E-state index is 0.106. The van der Waals surface area contributed by atoms with E-state index in [-0.39, 0.29) is 10.5 Å². The van der Waals surface area contributed by atoms with Crippen molar-refractivity contribution in [3.8, 4) is 5.75 Å². The third-order valence-corrected chi connectivity index (χ3v) is 6.62. The third-order valence-electron chi connectivity index (χ3n) is 4.87. The van der Waals surface area contributed by atoms with Gasteiger partial charge in [-0.25, -0.2) is 14.2 Å². The Hall–Kier alpha value is -2.97. The normalized spacial score (nSPS) is 12.6. The van der Waals surface area contributed by atoms with Crippen molar-refractivity contribution in [2.45, 2.75) is 13.8 Å². The van der Waals surface area contributed by atoms with Gasteiger partial charge in [-0.3, -0.25) is 4.79 Å². The molecule has 0 unspecified atom stereocenters. The summed E-state index contributed by atoms with van der Waals surface area (Å²) < 4.78 is 13.4. The summed E-state index contributed by atoms with van der Waals surface area (Å²) in [7, 11) is 1.52. The maximum absolute atomic E-state index is 13.0. The van der Waals surface area contributed by atoms with Gasteiger partial charge in [-0.2, -0.15) is 0 Å². The van der Waals surface area contributed by atoms with Crippen LogP contribution >= 0.6 is 22.7 Å². The molecular weight excluding hydrogens is 396 g/mol. The molecule has 8 heteroatoms. The van der Waals surface area contributed by atoms with Gasteiger partial charge in [0.25, 0.3) is 5.56 Å². The zero-order valence-corrected chi connectivity index (χ0v) is 16.9. The molecule has 0 bridgehead atoms. The maximum Gasteiger partial charge on any atom is 0.396 e. The third kappa shape index (κ3) is 2.42. The van der Waals surface area contributed by atoms with Crippen molar-refractivity contribution in [1.82, 2.24) is 9.38 Å². The van der Waals surface area contributed by atoms with Crippen LogP contribution in [0.4, 0.5) is 0 Å². The lowest BCUT2D eigenvalue weighted by Gasteiger charge is -2.01. The number of fused-ring (bicyclic) bond motifs is 4. The molecule has 5 aromatic rings. The second-order valence-corrected chi connectivity index (χ2v) is 8.51. The number of ether oxygens (including phenoxy) is 1. The molecule has 0 aliphatic heterocycles. The summed E-state index contributed by atoms with van der Waals surface area (Å²) in [4.78, 5) is 29.5. The van der Waals surface area contributed by atoms with Crippen LogP contribution in [0.1, 0.15) is 16.7 Å². The number of hydrogen-bond donors (Lipinski definition) is 0. The quantitative estimate of drug-likeness (QED) is 0.447. The SMILES string of the molecule is COc1cc(/C=c2/sc3nc4c(C)c(C)ccc4n3c2=O)cc2sc(=O)oc12. The minimum Gasteiger partial charge on any atom is -0.493 e.